The number of nitrogens with zero attached hydrogens (tertiary/aromatic N) is 4. The van der Waals surface area contributed by atoms with Gasteiger partial charge < -0.3 is 9.84 Å². The average Bonchev–Trinajstić information content (AvgIpc) is 3.68. The first-order chi connectivity index (χ1) is 20.6. The van der Waals surface area contributed by atoms with Crippen LogP contribution in [-0.4, -0.2) is 43.1 Å². The van der Waals surface area contributed by atoms with Crippen LogP contribution in [0.5, 0.6) is 5.75 Å². The molecule has 3 aromatic carbocycles. The summed E-state index contributed by atoms with van der Waals surface area (Å²) in [6.07, 6.45) is 2.00. The number of aromatic nitrogens is 4. The summed E-state index contributed by atoms with van der Waals surface area (Å²) < 4.78 is 9.81. The summed E-state index contributed by atoms with van der Waals surface area (Å²) in [6.45, 7) is 6.35. The number of benzene rings is 3. The third-order valence-corrected chi connectivity index (χ3v) is 9.14. The number of hydrogen-bond acceptors (Lipinski definition) is 7. The number of ether oxygens (including phenoxy) is 1. The lowest BCUT2D eigenvalue weighted by Crippen LogP contribution is -2.13. The van der Waals surface area contributed by atoms with E-state index >= 15 is 0 Å². The molecule has 0 atom stereocenters. The second-order valence-corrected chi connectivity index (χ2v) is 13.5. The lowest BCUT2D eigenvalue weighted by atomic mass is 9.92. The first-order valence-electron chi connectivity index (χ1n) is 13.7. The van der Waals surface area contributed by atoms with Crippen LogP contribution in [0.3, 0.4) is 0 Å². The van der Waals surface area contributed by atoms with Crippen LogP contribution in [0.2, 0.25) is 0 Å². The van der Waals surface area contributed by atoms with E-state index in [0.717, 1.165) is 48.4 Å². The van der Waals surface area contributed by atoms with Crippen LogP contribution in [0, 0.1) is 0 Å². The van der Waals surface area contributed by atoms with Gasteiger partial charge >= 0.3 is 5.97 Å². The van der Waals surface area contributed by atoms with Crippen molar-refractivity contribution in [2.45, 2.75) is 48.8 Å². The van der Waals surface area contributed by atoms with Gasteiger partial charge in [0.25, 0.3) is 0 Å². The maximum atomic E-state index is 13.2. The Morgan fingerprint density at radius 3 is 2.35 bits per heavy atom. The van der Waals surface area contributed by atoms with Gasteiger partial charge in [0.1, 0.15) is 11.5 Å². The van der Waals surface area contributed by atoms with E-state index in [9.17, 15) is 14.7 Å². The maximum absolute atomic E-state index is 13.2. The van der Waals surface area contributed by atoms with E-state index in [1.54, 1.807) is 23.3 Å². The Morgan fingerprint density at radius 2 is 1.67 bits per heavy atom. The van der Waals surface area contributed by atoms with E-state index in [2.05, 4.69) is 31.8 Å². The highest BCUT2D eigenvalue weighted by molar-refractivity contribution is 7.99. The van der Waals surface area contributed by atoms with Crippen LogP contribution in [0.1, 0.15) is 48.2 Å². The zero-order chi connectivity index (χ0) is 30.3. The minimum absolute atomic E-state index is 0.115. The monoisotopic (exact) mass is 610 g/mol. The molecule has 0 bridgehead atoms. The van der Waals surface area contributed by atoms with Gasteiger partial charge in [0.15, 0.2) is 10.7 Å². The molecule has 10 heteroatoms. The molecule has 6 rings (SSSR count). The van der Waals surface area contributed by atoms with Crippen LogP contribution in [0.15, 0.2) is 88.8 Å². The zero-order valence-corrected chi connectivity index (χ0v) is 25.8. The minimum atomic E-state index is -0.998. The van der Waals surface area contributed by atoms with E-state index in [1.165, 1.54) is 17.5 Å². The maximum Gasteiger partial charge on any atom is 0.354 e. The summed E-state index contributed by atoms with van der Waals surface area (Å²) >= 11 is 3.08. The molecular formula is C33H30N4O4S2. The standard InChI is InChI=1S/C33H30N4O4S2/c1-33(2,3)30-17-22(37(35-30)21-7-9-24(41-4)10-8-21)16-23(38)15-20-5-11-25(12-6-20)42-26-13-14-27-29(18-26)43-32-34-19-28(31(39)40)36(27)32/h5-14,17-19H,15-16H2,1-4H3,(H,39,40). The van der Waals surface area contributed by atoms with E-state index in [1.807, 2.05) is 71.4 Å². The van der Waals surface area contributed by atoms with E-state index in [-0.39, 0.29) is 23.3 Å². The second kappa shape index (κ2) is 11.3. The summed E-state index contributed by atoms with van der Waals surface area (Å²) in [5.74, 6) is -0.116. The molecule has 0 saturated heterocycles. The molecule has 0 spiro atoms. The zero-order valence-electron chi connectivity index (χ0n) is 24.2. The largest absolute Gasteiger partial charge is 0.497 e. The average molecular weight is 611 g/mol. The van der Waals surface area contributed by atoms with E-state index in [0.29, 0.717) is 11.4 Å². The van der Waals surface area contributed by atoms with Gasteiger partial charge in [-0.15, -0.1) is 0 Å². The van der Waals surface area contributed by atoms with Gasteiger partial charge in [0.2, 0.25) is 0 Å². The molecule has 8 nitrogen and oxygen atoms in total. The summed E-state index contributed by atoms with van der Waals surface area (Å²) in [5.41, 5.74) is 4.48. The van der Waals surface area contributed by atoms with Crippen molar-refractivity contribution >= 4 is 50.0 Å². The highest BCUT2D eigenvalue weighted by Crippen LogP contribution is 2.34. The molecule has 0 radical (unpaired) electrons. The van der Waals surface area contributed by atoms with Gasteiger partial charge in [0.05, 0.1) is 40.6 Å². The first-order valence-corrected chi connectivity index (χ1v) is 15.4. The Morgan fingerprint density at radius 1 is 0.953 bits per heavy atom. The molecule has 0 fully saturated rings. The molecule has 0 unspecified atom stereocenters. The molecule has 0 aliphatic rings. The minimum Gasteiger partial charge on any atom is -0.497 e. The van der Waals surface area contributed by atoms with Crippen molar-refractivity contribution in [2.24, 2.45) is 0 Å². The van der Waals surface area contributed by atoms with Crippen LogP contribution < -0.4 is 4.74 Å². The molecule has 0 aliphatic carbocycles. The molecule has 3 aromatic heterocycles. The van der Waals surface area contributed by atoms with Crippen LogP contribution >= 0.6 is 23.1 Å². The lowest BCUT2D eigenvalue weighted by molar-refractivity contribution is -0.117. The van der Waals surface area contributed by atoms with E-state index in [4.69, 9.17) is 9.84 Å². The van der Waals surface area contributed by atoms with Gasteiger partial charge in [-0.25, -0.2) is 14.5 Å². The molecule has 3 heterocycles. The number of methoxy groups -OCH3 is 1. The van der Waals surface area contributed by atoms with Crippen LogP contribution in [0.25, 0.3) is 20.9 Å². The molecule has 0 saturated carbocycles. The number of rotatable bonds is 9. The molecule has 6 aromatic rings. The third-order valence-electron chi connectivity index (χ3n) is 7.13. The van der Waals surface area contributed by atoms with Crippen molar-refractivity contribution in [3.05, 3.63) is 102 Å². The first kappa shape index (κ1) is 28.7. The van der Waals surface area contributed by atoms with Crippen molar-refractivity contribution < 1.29 is 19.4 Å². The quantitative estimate of drug-likeness (QED) is 0.184. The fourth-order valence-corrected chi connectivity index (χ4v) is 6.85. The summed E-state index contributed by atoms with van der Waals surface area (Å²) in [5, 5.41) is 14.3. The summed E-state index contributed by atoms with van der Waals surface area (Å²) in [7, 11) is 1.64. The Kier molecular flexibility index (Phi) is 7.57. The van der Waals surface area contributed by atoms with Gasteiger partial charge in [-0.1, -0.05) is 56.0 Å². The number of carboxylic acid groups (broad SMARTS) is 1. The van der Waals surface area contributed by atoms with Gasteiger partial charge in [-0.3, -0.25) is 9.20 Å². The summed E-state index contributed by atoms with van der Waals surface area (Å²) in [4.78, 5) is 31.8. The lowest BCUT2D eigenvalue weighted by Gasteiger charge is -2.14. The van der Waals surface area contributed by atoms with E-state index < -0.39 is 5.97 Å². The van der Waals surface area contributed by atoms with Crippen molar-refractivity contribution in [1.29, 1.82) is 0 Å². The Bertz CT molecular complexity index is 1960. The number of Topliss-reactive ketones (excluding diaryl/α,β-unsaturated/α-hetero) is 1. The fraction of sp³-hybridized carbons (Fsp3) is 0.212. The molecule has 218 valence electrons. The molecule has 0 aliphatic heterocycles. The highest BCUT2D eigenvalue weighted by atomic mass is 32.2. The van der Waals surface area contributed by atoms with Crippen LogP contribution in [0.4, 0.5) is 0 Å². The number of carbonyl (C=O) groups excluding carboxylic acids is 1. The number of carbonyl (C=O) groups is 2. The number of fused-ring (bicyclic) bond motifs is 3. The predicted octanol–water partition coefficient (Wildman–Crippen LogP) is 7.24. The Balaban J connectivity index is 1.15. The topological polar surface area (TPSA) is 98.7 Å². The SMILES string of the molecule is COc1ccc(-n2nc(C(C)(C)C)cc2CC(=O)Cc2ccc(Sc3ccc4c(c3)sc3ncc(C(=O)O)n34)cc2)cc1. The molecule has 43 heavy (non-hydrogen) atoms. The number of imidazole rings is 1. The normalized spacial score (nSPS) is 11.8. The van der Waals surface area contributed by atoms with Gasteiger partial charge in [0, 0.05) is 28.0 Å². The number of aromatic carboxylic acids is 1. The van der Waals surface area contributed by atoms with Crippen LogP contribution in [-0.2, 0) is 23.1 Å². The predicted molar refractivity (Wildman–Crippen MR) is 169 cm³/mol. The van der Waals surface area contributed by atoms with Gasteiger partial charge in [-0.2, -0.15) is 5.10 Å². The second-order valence-electron chi connectivity index (χ2n) is 11.3. The van der Waals surface area contributed by atoms with Crippen molar-refractivity contribution in [3.63, 3.8) is 0 Å². The molecular weight excluding hydrogens is 581 g/mol. The number of ketones is 1. The highest BCUT2D eigenvalue weighted by Gasteiger charge is 2.22. The van der Waals surface area contributed by atoms with Crippen molar-refractivity contribution in [1.82, 2.24) is 19.2 Å². The third kappa shape index (κ3) is 5.93. The fourth-order valence-electron chi connectivity index (χ4n) is 4.88. The summed E-state index contributed by atoms with van der Waals surface area (Å²) in [6, 6.07) is 23.7. The number of carboxylic acids is 1. The Hall–Kier alpha value is -4.41. The van der Waals surface area contributed by atoms with Crippen molar-refractivity contribution in [3.8, 4) is 11.4 Å². The number of thiazole rings is 1. The van der Waals surface area contributed by atoms with Crippen molar-refractivity contribution in [2.75, 3.05) is 7.11 Å². The number of hydrogen-bond donors (Lipinski definition) is 1. The molecule has 1 N–H and O–H groups in total. The van der Waals surface area contributed by atoms with Gasteiger partial charge in [-0.05, 0) is 66.2 Å². The smallest absolute Gasteiger partial charge is 0.354 e. The Labute approximate surface area is 257 Å². The molecule has 0 amide bonds.